The van der Waals surface area contributed by atoms with Crippen LogP contribution in [0.3, 0.4) is 0 Å². The van der Waals surface area contributed by atoms with E-state index in [9.17, 15) is 14.0 Å². The van der Waals surface area contributed by atoms with Crippen LogP contribution < -0.4 is 20.2 Å². The Morgan fingerprint density at radius 2 is 1.85 bits per heavy atom. The van der Waals surface area contributed by atoms with Gasteiger partial charge in [-0.25, -0.2) is 9.82 Å². The van der Waals surface area contributed by atoms with Gasteiger partial charge in [-0.15, -0.1) is 0 Å². The van der Waals surface area contributed by atoms with Crippen LogP contribution in [-0.4, -0.2) is 25.1 Å². The maximum Gasteiger partial charge on any atom is 0.329 e. The number of amides is 2. The molecule has 0 bridgehead atoms. The fraction of sp³-hybridized carbons (Fsp3) is 0.125. The van der Waals surface area contributed by atoms with Crippen LogP contribution in [0.1, 0.15) is 16.7 Å². The van der Waals surface area contributed by atoms with Gasteiger partial charge in [-0.1, -0.05) is 35.9 Å². The molecule has 2 N–H and O–H groups in total. The van der Waals surface area contributed by atoms with Crippen LogP contribution in [0, 0.1) is 12.7 Å². The second kappa shape index (κ2) is 11.1. The predicted octanol–water partition coefficient (Wildman–Crippen LogP) is 4.46. The third kappa shape index (κ3) is 6.30. The number of nitrogens with zero attached hydrogens (tertiary/aromatic N) is 1. The number of anilines is 1. The highest BCUT2D eigenvalue weighted by molar-refractivity contribution is 6.40. The molecule has 0 heterocycles. The minimum Gasteiger partial charge on any atom is -0.493 e. The molecule has 3 rings (SSSR count). The summed E-state index contributed by atoms with van der Waals surface area (Å²) >= 11 is 6.01. The first-order valence-electron chi connectivity index (χ1n) is 9.82. The summed E-state index contributed by atoms with van der Waals surface area (Å²) in [5.74, 6) is -1.37. The minimum absolute atomic E-state index is 0.0355. The zero-order valence-electron chi connectivity index (χ0n) is 17.9. The second-order valence-electron chi connectivity index (χ2n) is 6.86. The average molecular weight is 470 g/mol. The molecule has 0 aliphatic carbocycles. The highest BCUT2D eigenvalue weighted by Gasteiger charge is 2.15. The number of rotatable bonds is 7. The Labute approximate surface area is 195 Å². The van der Waals surface area contributed by atoms with Gasteiger partial charge in [0.1, 0.15) is 12.4 Å². The van der Waals surface area contributed by atoms with E-state index in [0.717, 1.165) is 0 Å². The molecule has 0 aliphatic rings. The SMILES string of the molecule is COc1cc(/C=N/NC(=O)C(=O)Nc2cccc(Cl)c2C)ccc1OCc1ccccc1F. The van der Waals surface area contributed by atoms with E-state index < -0.39 is 11.8 Å². The Bertz CT molecular complexity index is 1200. The summed E-state index contributed by atoms with van der Waals surface area (Å²) < 4.78 is 24.7. The van der Waals surface area contributed by atoms with Gasteiger partial charge in [0.2, 0.25) is 0 Å². The molecule has 0 fully saturated rings. The minimum atomic E-state index is -0.942. The van der Waals surface area contributed by atoms with Crippen molar-refractivity contribution < 1.29 is 23.5 Å². The number of methoxy groups -OCH3 is 1. The van der Waals surface area contributed by atoms with Crippen LogP contribution >= 0.6 is 11.6 Å². The number of hydrogen-bond acceptors (Lipinski definition) is 5. The van der Waals surface area contributed by atoms with Gasteiger partial charge < -0.3 is 14.8 Å². The Morgan fingerprint density at radius 1 is 1.06 bits per heavy atom. The van der Waals surface area contributed by atoms with Gasteiger partial charge in [0, 0.05) is 16.3 Å². The lowest BCUT2D eigenvalue weighted by molar-refractivity contribution is -0.136. The Morgan fingerprint density at radius 3 is 2.61 bits per heavy atom. The first-order valence-corrected chi connectivity index (χ1v) is 10.2. The van der Waals surface area contributed by atoms with Crippen molar-refractivity contribution in [3.63, 3.8) is 0 Å². The van der Waals surface area contributed by atoms with E-state index in [2.05, 4.69) is 15.8 Å². The van der Waals surface area contributed by atoms with Gasteiger partial charge in [0.25, 0.3) is 0 Å². The van der Waals surface area contributed by atoms with Crippen LogP contribution in [0.2, 0.25) is 5.02 Å². The number of carbonyl (C=O) groups excluding carboxylic acids is 2. The van der Waals surface area contributed by atoms with Crippen LogP contribution in [0.25, 0.3) is 0 Å². The van der Waals surface area contributed by atoms with Crippen molar-refractivity contribution in [1.82, 2.24) is 5.43 Å². The first kappa shape index (κ1) is 23.7. The van der Waals surface area contributed by atoms with Crippen molar-refractivity contribution in [2.45, 2.75) is 13.5 Å². The smallest absolute Gasteiger partial charge is 0.329 e. The summed E-state index contributed by atoms with van der Waals surface area (Å²) in [5, 5.41) is 6.75. The van der Waals surface area contributed by atoms with Gasteiger partial charge in [-0.2, -0.15) is 5.10 Å². The summed E-state index contributed by atoms with van der Waals surface area (Å²) in [6.45, 7) is 1.76. The van der Waals surface area contributed by atoms with Crippen LogP contribution in [-0.2, 0) is 16.2 Å². The van der Waals surface area contributed by atoms with Crippen molar-refractivity contribution in [1.29, 1.82) is 0 Å². The average Bonchev–Trinajstić information content (AvgIpc) is 2.81. The number of nitrogens with one attached hydrogen (secondary N) is 2. The Balaban J connectivity index is 1.59. The van der Waals surface area contributed by atoms with E-state index in [4.69, 9.17) is 21.1 Å². The summed E-state index contributed by atoms with van der Waals surface area (Å²) in [6, 6.07) is 16.2. The number of benzene rings is 3. The predicted molar refractivity (Wildman–Crippen MR) is 124 cm³/mol. The molecule has 170 valence electrons. The van der Waals surface area contributed by atoms with E-state index >= 15 is 0 Å². The molecule has 0 unspecified atom stereocenters. The lowest BCUT2D eigenvalue weighted by Crippen LogP contribution is -2.32. The van der Waals surface area contributed by atoms with E-state index in [1.807, 2.05) is 0 Å². The van der Waals surface area contributed by atoms with Crippen molar-refractivity contribution in [2.24, 2.45) is 5.10 Å². The number of halogens is 2. The quantitative estimate of drug-likeness (QED) is 0.303. The molecule has 3 aromatic rings. The van der Waals surface area contributed by atoms with Crippen LogP contribution in [0.15, 0.2) is 65.8 Å². The van der Waals surface area contributed by atoms with Gasteiger partial charge in [0.15, 0.2) is 11.5 Å². The van der Waals surface area contributed by atoms with Gasteiger partial charge in [-0.3, -0.25) is 9.59 Å². The molecule has 3 aromatic carbocycles. The zero-order chi connectivity index (χ0) is 23.8. The number of carbonyl (C=O) groups is 2. The summed E-state index contributed by atoms with van der Waals surface area (Å²) in [7, 11) is 1.47. The van der Waals surface area contributed by atoms with E-state index in [1.165, 1.54) is 19.4 Å². The van der Waals surface area contributed by atoms with Crippen LogP contribution in [0.4, 0.5) is 10.1 Å². The summed E-state index contributed by atoms with van der Waals surface area (Å²) in [6.07, 6.45) is 1.35. The van der Waals surface area contributed by atoms with E-state index in [-0.39, 0.29) is 12.4 Å². The highest BCUT2D eigenvalue weighted by atomic mass is 35.5. The van der Waals surface area contributed by atoms with Crippen molar-refractivity contribution >= 4 is 35.3 Å². The lowest BCUT2D eigenvalue weighted by Gasteiger charge is -2.11. The molecule has 7 nitrogen and oxygen atoms in total. The Hall–Kier alpha value is -3.91. The largest absolute Gasteiger partial charge is 0.493 e. The fourth-order valence-electron chi connectivity index (χ4n) is 2.79. The number of hydrazone groups is 1. The topological polar surface area (TPSA) is 89.0 Å². The molecule has 2 amide bonds. The van der Waals surface area contributed by atoms with Crippen molar-refractivity contribution in [3.05, 3.63) is 88.2 Å². The highest BCUT2D eigenvalue weighted by Crippen LogP contribution is 2.28. The van der Waals surface area contributed by atoms with E-state index in [1.54, 1.807) is 61.5 Å². The molecule has 0 aromatic heterocycles. The maximum atomic E-state index is 13.8. The zero-order valence-corrected chi connectivity index (χ0v) is 18.7. The molecule has 0 saturated heterocycles. The third-order valence-electron chi connectivity index (χ3n) is 4.63. The molecule has 0 saturated carbocycles. The van der Waals surface area contributed by atoms with Crippen LogP contribution in [0.5, 0.6) is 11.5 Å². The van der Waals surface area contributed by atoms with Crippen molar-refractivity contribution in [2.75, 3.05) is 12.4 Å². The number of hydrogen-bond donors (Lipinski definition) is 2. The van der Waals surface area contributed by atoms with Gasteiger partial charge in [-0.05, 0) is 54.4 Å². The third-order valence-corrected chi connectivity index (χ3v) is 5.04. The van der Waals surface area contributed by atoms with Crippen molar-refractivity contribution in [3.8, 4) is 11.5 Å². The molecule has 9 heteroatoms. The van der Waals surface area contributed by atoms with E-state index in [0.29, 0.717) is 38.9 Å². The molecular formula is C24H21ClFN3O4. The number of ether oxygens (including phenoxy) is 2. The molecule has 0 radical (unpaired) electrons. The maximum absolute atomic E-state index is 13.8. The molecule has 0 atom stereocenters. The normalized spacial score (nSPS) is 10.7. The standard InChI is InChI=1S/C24H21ClFN3O4/c1-15-18(25)7-5-9-20(15)28-23(30)24(31)29-27-13-16-10-11-21(22(12-16)32-2)33-14-17-6-3-4-8-19(17)26/h3-13H,14H2,1-2H3,(H,28,30)(H,29,31)/b27-13+. The Kier molecular flexibility index (Phi) is 7.99. The van der Waals surface area contributed by atoms with Gasteiger partial charge >= 0.3 is 11.8 Å². The second-order valence-corrected chi connectivity index (χ2v) is 7.26. The lowest BCUT2D eigenvalue weighted by atomic mass is 10.2. The molecule has 0 spiro atoms. The molecular weight excluding hydrogens is 449 g/mol. The summed E-state index contributed by atoms with van der Waals surface area (Å²) in [5.41, 5.74) is 4.24. The molecule has 0 aliphatic heterocycles. The monoisotopic (exact) mass is 469 g/mol. The molecule has 33 heavy (non-hydrogen) atoms. The summed E-state index contributed by atoms with van der Waals surface area (Å²) in [4.78, 5) is 24.1. The first-order chi connectivity index (χ1) is 15.9. The van der Waals surface area contributed by atoms with Gasteiger partial charge in [0.05, 0.1) is 13.3 Å². The fourth-order valence-corrected chi connectivity index (χ4v) is 2.97.